The third kappa shape index (κ3) is 3.14. The summed E-state index contributed by atoms with van der Waals surface area (Å²) in [5.41, 5.74) is 6.19. The molecule has 0 spiro atoms. The molecule has 8 heavy (non-hydrogen) atoms. The first-order chi connectivity index (χ1) is 3.81. The van der Waals surface area contributed by atoms with Crippen molar-refractivity contribution < 1.29 is 4.79 Å². The minimum Gasteiger partial charge on any atom is -0.288 e. The van der Waals surface area contributed by atoms with Crippen molar-refractivity contribution in [2.75, 3.05) is 6.54 Å². The average molecular weight is 113 g/mol. The Kier molecular flexibility index (Phi) is 3.56. The van der Waals surface area contributed by atoms with Crippen LogP contribution in [-0.4, -0.2) is 18.7 Å². The second-order valence-corrected chi connectivity index (χ2v) is 1.10. The van der Waals surface area contributed by atoms with Gasteiger partial charge in [0.2, 0.25) is 0 Å². The summed E-state index contributed by atoms with van der Waals surface area (Å²) in [5, 5.41) is 2.62. The maximum Gasteiger partial charge on any atom is 0.285 e. The largest absolute Gasteiger partial charge is 0.288 e. The highest BCUT2D eigenvalue weighted by Crippen LogP contribution is 1.73. The summed E-state index contributed by atoms with van der Waals surface area (Å²) in [5.74, 6) is -0.511. The molecular formula is C4H7N3O. The SMILES string of the molecule is C/C=N\CC(=O)N=N. The van der Waals surface area contributed by atoms with E-state index in [1.807, 2.05) is 0 Å². The second kappa shape index (κ2) is 4.11. The van der Waals surface area contributed by atoms with E-state index in [1.165, 1.54) is 6.21 Å². The highest BCUT2D eigenvalue weighted by Gasteiger charge is 1.90. The smallest absolute Gasteiger partial charge is 0.285 e. The molecule has 0 rings (SSSR count). The number of rotatable bonds is 2. The molecule has 0 atom stereocenters. The quantitative estimate of drug-likeness (QED) is 0.414. The van der Waals surface area contributed by atoms with Gasteiger partial charge >= 0.3 is 0 Å². The molecule has 0 fully saturated rings. The van der Waals surface area contributed by atoms with Crippen LogP contribution in [0.2, 0.25) is 0 Å². The standard InChI is InChI=1S/C4H7N3O/c1-2-6-3-4(8)7-5/h2,5H,3H2,1H3/b6-2-,7-5?. The molecule has 4 nitrogen and oxygen atoms in total. The molecule has 0 saturated carbocycles. The predicted molar refractivity (Wildman–Crippen MR) is 29.2 cm³/mol. The Hall–Kier alpha value is -1.06. The van der Waals surface area contributed by atoms with Crippen molar-refractivity contribution in [3.05, 3.63) is 0 Å². The van der Waals surface area contributed by atoms with Gasteiger partial charge < -0.3 is 0 Å². The molecule has 0 unspecified atom stereocenters. The fourth-order valence-electron chi connectivity index (χ4n) is 0.205. The van der Waals surface area contributed by atoms with E-state index in [-0.39, 0.29) is 6.54 Å². The summed E-state index contributed by atoms with van der Waals surface area (Å²) >= 11 is 0. The molecule has 0 bridgehead atoms. The number of carbonyl (C=O) groups is 1. The van der Waals surface area contributed by atoms with Crippen molar-refractivity contribution in [1.82, 2.24) is 0 Å². The molecule has 0 aromatic carbocycles. The zero-order valence-electron chi connectivity index (χ0n) is 4.59. The lowest BCUT2D eigenvalue weighted by Gasteiger charge is -1.79. The molecule has 0 saturated heterocycles. The van der Waals surface area contributed by atoms with Gasteiger partial charge in [-0.25, -0.2) is 5.53 Å². The van der Waals surface area contributed by atoms with Gasteiger partial charge in [0.15, 0.2) is 0 Å². The van der Waals surface area contributed by atoms with Crippen molar-refractivity contribution in [3.63, 3.8) is 0 Å². The van der Waals surface area contributed by atoms with Crippen LogP contribution in [0, 0.1) is 5.53 Å². The average Bonchev–Trinajstić information content (AvgIpc) is 1.83. The molecule has 0 radical (unpaired) electrons. The summed E-state index contributed by atoms with van der Waals surface area (Å²) in [4.78, 5) is 13.7. The molecule has 1 amide bonds. The Morgan fingerprint density at radius 3 is 2.88 bits per heavy atom. The van der Waals surface area contributed by atoms with Gasteiger partial charge in [0.25, 0.3) is 5.91 Å². The lowest BCUT2D eigenvalue weighted by atomic mass is 10.6. The van der Waals surface area contributed by atoms with E-state index < -0.39 is 5.91 Å². The zero-order chi connectivity index (χ0) is 6.41. The van der Waals surface area contributed by atoms with Crippen molar-refractivity contribution in [2.24, 2.45) is 10.1 Å². The van der Waals surface area contributed by atoms with E-state index in [0.717, 1.165) is 0 Å². The van der Waals surface area contributed by atoms with Gasteiger partial charge in [0.05, 0.1) is 0 Å². The van der Waals surface area contributed by atoms with Crippen LogP contribution in [0.15, 0.2) is 10.1 Å². The van der Waals surface area contributed by atoms with Crippen molar-refractivity contribution in [1.29, 1.82) is 5.53 Å². The van der Waals surface area contributed by atoms with Gasteiger partial charge in [-0.3, -0.25) is 9.79 Å². The Labute approximate surface area is 47.1 Å². The number of amides is 1. The van der Waals surface area contributed by atoms with E-state index in [0.29, 0.717) is 0 Å². The first-order valence-corrected chi connectivity index (χ1v) is 2.16. The van der Waals surface area contributed by atoms with E-state index in [1.54, 1.807) is 6.92 Å². The van der Waals surface area contributed by atoms with Gasteiger partial charge in [0.1, 0.15) is 6.54 Å². The summed E-state index contributed by atoms with van der Waals surface area (Å²) in [6, 6.07) is 0. The predicted octanol–water partition coefficient (Wildman–Crippen LogP) is 0.635. The number of nitrogens with zero attached hydrogens (tertiary/aromatic N) is 2. The molecule has 0 aromatic rings. The van der Waals surface area contributed by atoms with Crippen LogP contribution in [0.1, 0.15) is 6.92 Å². The molecule has 0 aliphatic carbocycles. The molecule has 44 valence electrons. The first-order valence-electron chi connectivity index (χ1n) is 2.16. The molecule has 0 heterocycles. The molecule has 0 aliphatic heterocycles. The topological polar surface area (TPSA) is 65.6 Å². The number of hydrogen-bond acceptors (Lipinski definition) is 3. The first kappa shape index (κ1) is 6.94. The van der Waals surface area contributed by atoms with Gasteiger partial charge in [-0.1, -0.05) is 0 Å². The normalized spacial score (nSPS) is 9.62. The van der Waals surface area contributed by atoms with Gasteiger partial charge in [-0.2, -0.15) is 0 Å². The number of nitrogens with one attached hydrogen (secondary N) is 1. The highest BCUT2D eigenvalue weighted by molar-refractivity contribution is 5.79. The lowest BCUT2D eigenvalue weighted by molar-refractivity contribution is -0.117. The summed E-state index contributed by atoms with van der Waals surface area (Å²) in [6.45, 7) is 1.71. The van der Waals surface area contributed by atoms with Crippen LogP contribution < -0.4 is 0 Å². The van der Waals surface area contributed by atoms with Crippen LogP contribution >= 0.6 is 0 Å². The van der Waals surface area contributed by atoms with Crippen molar-refractivity contribution >= 4 is 12.1 Å². The summed E-state index contributed by atoms with van der Waals surface area (Å²) in [6.07, 6.45) is 1.50. The number of aliphatic imine (C=N–C) groups is 1. The minimum absolute atomic E-state index is 0.000000000000000222. The monoisotopic (exact) mass is 113 g/mol. The van der Waals surface area contributed by atoms with E-state index in [9.17, 15) is 4.79 Å². The molecule has 0 aliphatic rings. The van der Waals surface area contributed by atoms with Crippen LogP contribution in [0.5, 0.6) is 0 Å². The molecule has 4 heteroatoms. The number of carbonyl (C=O) groups excluding carboxylic acids is 1. The van der Waals surface area contributed by atoms with Crippen LogP contribution in [0.3, 0.4) is 0 Å². The van der Waals surface area contributed by atoms with E-state index in [4.69, 9.17) is 5.53 Å². The number of hydrogen-bond donors (Lipinski definition) is 1. The van der Waals surface area contributed by atoms with Crippen LogP contribution in [0.4, 0.5) is 0 Å². The summed E-state index contributed by atoms with van der Waals surface area (Å²) in [7, 11) is 0. The molecule has 1 N–H and O–H groups in total. The summed E-state index contributed by atoms with van der Waals surface area (Å²) < 4.78 is 0. The Bertz CT molecular complexity index is 118. The zero-order valence-corrected chi connectivity index (χ0v) is 4.59. The van der Waals surface area contributed by atoms with Crippen molar-refractivity contribution in [3.8, 4) is 0 Å². The van der Waals surface area contributed by atoms with Gasteiger partial charge in [-0.05, 0) is 13.1 Å². The highest BCUT2D eigenvalue weighted by atomic mass is 16.1. The fraction of sp³-hybridized carbons (Fsp3) is 0.500. The van der Waals surface area contributed by atoms with Crippen LogP contribution in [-0.2, 0) is 4.79 Å². The molecule has 0 aromatic heterocycles. The Morgan fingerprint density at radius 1 is 1.88 bits per heavy atom. The van der Waals surface area contributed by atoms with Crippen molar-refractivity contribution in [2.45, 2.75) is 6.92 Å². The minimum atomic E-state index is -0.511. The Morgan fingerprint density at radius 2 is 2.50 bits per heavy atom. The van der Waals surface area contributed by atoms with Crippen LogP contribution in [0.25, 0.3) is 0 Å². The third-order valence-electron chi connectivity index (χ3n) is 0.534. The molecular weight excluding hydrogens is 106 g/mol. The van der Waals surface area contributed by atoms with Gasteiger partial charge in [0, 0.05) is 0 Å². The lowest BCUT2D eigenvalue weighted by Crippen LogP contribution is -1.95. The fourth-order valence-corrected chi connectivity index (χ4v) is 0.205. The second-order valence-electron chi connectivity index (χ2n) is 1.10. The Balaban J connectivity index is 3.39. The van der Waals surface area contributed by atoms with Gasteiger partial charge in [-0.15, -0.1) is 5.11 Å². The maximum atomic E-state index is 10.1. The third-order valence-corrected chi connectivity index (χ3v) is 0.534. The maximum absolute atomic E-state index is 10.1. The van der Waals surface area contributed by atoms with E-state index in [2.05, 4.69) is 10.1 Å². The van der Waals surface area contributed by atoms with E-state index >= 15 is 0 Å².